The second-order valence-electron chi connectivity index (χ2n) is 7.64. The van der Waals surface area contributed by atoms with Crippen LogP contribution in [0.3, 0.4) is 0 Å². The van der Waals surface area contributed by atoms with Crippen LogP contribution in [0.25, 0.3) is 0 Å². The molecule has 3 N–H and O–H groups in total. The molecule has 1 amide bonds. The van der Waals surface area contributed by atoms with E-state index in [4.69, 9.17) is 23.4 Å². The molecule has 0 spiro atoms. The van der Waals surface area contributed by atoms with E-state index in [2.05, 4.69) is 15.3 Å². The second-order valence-corrected chi connectivity index (χ2v) is 7.64. The Hall–Kier alpha value is -4.15. The quantitative estimate of drug-likeness (QED) is 0.427. The van der Waals surface area contributed by atoms with Crippen molar-refractivity contribution in [3.63, 3.8) is 0 Å². The molecule has 1 aliphatic heterocycles. The van der Waals surface area contributed by atoms with Crippen molar-refractivity contribution in [3.8, 4) is 28.7 Å². The van der Waals surface area contributed by atoms with Crippen molar-refractivity contribution in [1.82, 2.24) is 15.3 Å². The molecular formula is C23H25N3O8. The van der Waals surface area contributed by atoms with Gasteiger partial charge in [-0.15, -0.1) is 0 Å². The molecule has 2 aromatic heterocycles. The summed E-state index contributed by atoms with van der Waals surface area (Å²) in [5.41, 5.74) is 0.439. The average molecular weight is 471 g/mol. The van der Waals surface area contributed by atoms with Crippen LogP contribution in [0.2, 0.25) is 0 Å². The second kappa shape index (κ2) is 9.77. The molecule has 11 heteroatoms. The number of ether oxygens (including phenoxy) is 4. The maximum absolute atomic E-state index is 12.9. The first-order chi connectivity index (χ1) is 16.4. The van der Waals surface area contributed by atoms with Gasteiger partial charge in [0.2, 0.25) is 24.2 Å². The third-order valence-corrected chi connectivity index (χ3v) is 5.49. The molecule has 11 nitrogen and oxygen atoms in total. The van der Waals surface area contributed by atoms with Gasteiger partial charge < -0.3 is 38.8 Å². The SMILES string of the molecule is COc1cc([C@@H](CC(=O)NCCc2cnc[nH]2)c2c(O)cc(C)oc2=O)c(OC)c2c1OCO2. The summed E-state index contributed by atoms with van der Waals surface area (Å²) in [7, 11) is 2.90. The van der Waals surface area contributed by atoms with Crippen LogP contribution in [-0.2, 0) is 11.2 Å². The normalized spacial score (nSPS) is 12.9. The van der Waals surface area contributed by atoms with Gasteiger partial charge in [-0.1, -0.05) is 0 Å². The summed E-state index contributed by atoms with van der Waals surface area (Å²) in [5.74, 6) is -0.0766. The van der Waals surface area contributed by atoms with E-state index in [1.54, 1.807) is 25.5 Å². The molecule has 1 aliphatic rings. The fourth-order valence-corrected chi connectivity index (χ4v) is 3.96. The third kappa shape index (κ3) is 4.49. The Balaban J connectivity index is 1.73. The predicted molar refractivity (Wildman–Crippen MR) is 119 cm³/mol. The molecule has 3 heterocycles. The number of benzene rings is 1. The molecule has 1 aromatic carbocycles. The lowest BCUT2D eigenvalue weighted by Crippen LogP contribution is -2.29. The summed E-state index contributed by atoms with van der Waals surface area (Å²) in [6, 6.07) is 2.93. The summed E-state index contributed by atoms with van der Waals surface area (Å²) in [5, 5.41) is 13.5. The average Bonchev–Trinajstić information content (AvgIpc) is 3.49. The number of imidazole rings is 1. The smallest absolute Gasteiger partial charge is 0.343 e. The Kier molecular flexibility index (Phi) is 6.62. The number of hydrogen-bond donors (Lipinski definition) is 3. The standard InChI is InChI=1S/C23H25N3O8/c1-12-6-16(27)19(23(29)34-12)14(8-18(28)25-5-4-13-9-24-10-26-13)15-7-17(30-2)21-22(20(15)31-3)33-11-32-21/h6-7,9-10,14,27H,4-5,8,11H2,1-3H3,(H,24,26)(H,25,28)/t14-/m1/s1. The van der Waals surface area contributed by atoms with Gasteiger partial charge >= 0.3 is 5.63 Å². The van der Waals surface area contributed by atoms with E-state index in [9.17, 15) is 14.7 Å². The number of methoxy groups -OCH3 is 2. The van der Waals surface area contributed by atoms with E-state index < -0.39 is 11.5 Å². The first-order valence-corrected chi connectivity index (χ1v) is 10.5. The molecule has 34 heavy (non-hydrogen) atoms. The lowest BCUT2D eigenvalue weighted by atomic mass is 9.87. The van der Waals surface area contributed by atoms with Crippen molar-refractivity contribution in [2.45, 2.75) is 25.7 Å². The molecule has 1 atom stereocenters. The molecule has 4 rings (SSSR count). The molecule has 3 aromatic rings. The topological polar surface area (TPSA) is 145 Å². The van der Waals surface area contributed by atoms with Crippen molar-refractivity contribution in [3.05, 3.63) is 57.7 Å². The zero-order chi connectivity index (χ0) is 24.2. The minimum atomic E-state index is -0.928. The number of H-pyrrole nitrogens is 1. The number of aryl methyl sites for hydroxylation is 1. The van der Waals surface area contributed by atoms with Crippen LogP contribution in [0.4, 0.5) is 0 Å². The van der Waals surface area contributed by atoms with Gasteiger partial charge in [0, 0.05) is 48.8 Å². The number of aromatic nitrogens is 2. The zero-order valence-corrected chi connectivity index (χ0v) is 19.0. The van der Waals surface area contributed by atoms with Crippen LogP contribution in [0.5, 0.6) is 28.7 Å². The minimum absolute atomic E-state index is 0.0395. The van der Waals surface area contributed by atoms with Crippen molar-refractivity contribution < 1.29 is 33.3 Å². The highest BCUT2D eigenvalue weighted by atomic mass is 16.7. The van der Waals surface area contributed by atoms with Crippen molar-refractivity contribution >= 4 is 5.91 Å². The van der Waals surface area contributed by atoms with Crippen LogP contribution in [0, 0.1) is 6.92 Å². The number of rotatable bonds is 9. The first-order valence-electron chi connectivity index (χ1n) is 10.5. The molecule has 0 saturated heterocycles. The molecular weight excluding hydrogens is 446 g/mol. The number of aromatic amines is 1. The third-order valence-electron chi connectivity index (χ3n) is 5.49. The molecule has 0 bridgehead atoms. The van der Waals surface area contributed by atoms with Gasteiger partial charge in [0.15, 0.2) is 11.5 Å². The van der Waals surface area contributed by atoms with Crippen molar-refractivity contribution in [2.24, 2.45) is 0 Å². The van der Waals surface area contributed by atoms with E-state index in [0.717, 1.165) is 5.69 Å². The predicted octanol–water partition coefficient (Wildman–Crippen LogP) is 2.00. The fourth-order valence-electron chi connectivity index (χ4n) is 3.96. The summed E-state index contributed by atoms with van der Waals surface area (Å²) < 4.78 is 27.3. The lowest BCUT2D eigenvalue weighted by molar-refractivity contribution is -0.121. The largest absolute Gasteiger partial charge is 0.507 e. The van der Waals surface area contributed by atoms with E-state index in [0.29, 0.717) is 30.0 Å². The lowest BCUT2D eigenvalue weighted by Gasteiger charge is -2.22. The van der Waals surface area contributed by atoms with Crippen LogP contribution < -0.4 is 29.9 Å². The van der Waals surface area contributed by atoms with Gasteiger partial charge in [-0.2, -0.15) is 0 Å². The van der Waals surface area contributed by atoms with Gasteiger partial charge in [0.1, 0.15) is 11.5 Å². The highest BCUT2D eigenvalue weighted by Gasteiger charge is 2.34. The number of carbonyl (C=O) groups is 1. The van der Waals surface area contributed by atoms with E-state index in [-0.39, 0.29) is 47.7 Å². The van der Waals surface area contributed by atoms with Crippen LogP contribution in [0.15, 0.2) is 33.9 Å². The number of aromatic hydroxyl groups is 1. The Morgan fingerprint density at radius 3 is 2.74 bits per heavy atom. The van der Waals surface area contributed by atoms with E-state index in [1.165, 1.54) is 20.3 Å². The summed E-state index contributed by atoms with van der Waals surface area (Å²) in [4.78, 5) is 32.7. The van der Waals surface area contributed by atoms with E-state index in [1.807, 2.05) is 0 Å². The summed E-state index contributed by atoms with van der Waals surface area (Å²) in [6.45, 7) is 1.86. The molecule has 180 valence electrons. The Morgan fingerprint density at radius 1 is 1.26 bits per heavy atom. The molecule has 0 aliphatic carbocycles. The minimum Gasteiger partial charge on any atom is -0.507 e. The maximum atomic E-state index is 12.9. The van der Waals surface area contributed by atoms with E-state index >= 15 is 0 Å². The van der Waals surface area contributed by atoms with Crippen molar-refractivity contribution in [2.75, 3.05) is 27.6 Å². The maximum Gasteiger partial charge on any atom is 0.343 e. The molecule has 0 saturated carbocycles. The van der Waals surface area contributed by atoms with Crippen molar-refractivity contribution in [1.29, 1.82) is 0 Å². The zero-order valence-electron chi connectivity index (χ0n) is 19.0. The Bertz CT molecular complexity index is 1240. The van der Waals surface area contributed by atoms with Gasteiger partial charge in [-0.3, -0.25) is 4.79 Å². The molecule has 0 fully saturated rings. The monoisotopic (exact) mass is 471 g/mol. The summed E-state index contributed by atoms with van der Waals surface area (Å²) >= 11 is 0. The Morgan fingerprint density at radius 2 is 2.06 bits per heavy atom. The number of fused-ring (bicyclic) bond motifs is 1. The van der Waals surface area contributed by atoms with Crippen LogP contribution in [0.1, 0.15) is 34.9 Å². The van der Waals surface area contributed by atoms with Gasteiger partial charge in [-0.25, -0.2) is 9.78 Å². The highest BCUT2D eigenvalue weighted by Crippen LogP contribution is 2.52. The van der Waals surface area contributed by atoms with Gasteiger partial charge in [-0.05, 0) is 13.0 Å². The number of nitrogens with one attached hydrogen (secondary N) is 2. The van der Waals surface area contributed by atoms with Crippen LogP contribution >= 0.6 is 0 Å². The first kappa shape index (κ1) is 23.0. The fraction of sp³-hybridized carbons (Fsp3) is 0.348. The Labute approximate surface area is 194 Å². The van der Waals surface area contributed by atoms with Crippen LogP contribution in [-0.4, -0.2) is 48.5 Å². The number of nitrogens with zero attached hydrogens (tertiary/aromatic N) is 1. The highest BCUT2D eigenvalue weighted by molar-refractivity contribution is 5.78. The molecule has 0 radical (unpaired) electrons. The number of hydrogen-bond acceptors (Lipinski definition) is 9. The number of amides is 1. The molecule has 0 unspecified atom stereocenters. The summed E-state index contributed by atoms with van der Waals surface area (Å²) in [6.07, 6.45) is 3.61. The number of carbonyl (C=O) groups excluding carboxylic acids is 1. The van der Waals surface area contributed by atoms with Gasteiger partial charge in [0.25, 0.3) is 0 Å². The van der Waals surface area contributed by atoms with Gasteiger partial charge in [0.05, 0.1) is 26.1 Å².